The third-order valence-corrected chi connectivity index (χ3v) is 6.87. The monoisotopic (exact) mass is 228 g/mol. The van der Waals surface area contributed by atoms with E-state index in [2.05, 4.69) is 25.3 Å². The van der Waals surface area contributed by atoms with Crippen LogP contribution >= 0.6 is 25.3 Å². The summed E-state index contributed by atoms with van der Waals surface area (Å²) in [5.41, 5.74) is 1.18. The zero-order valence-electron chi connectivity index (χ0n) is 8.71. The molecule has 0 nitrogen and oxygen atoms in total. The maximum Gasteiger partial charge on any atom is -0.00328 e. The molecule has 0 heterocycles. The zero-order valence-corrected chi connectivity index (χ0v) is 10.5. The molecule has 3 rings (SSSR count). The van der Waals surface area contributed by atoms with Crippen LogP contribution in [0.1, 0.15) is 38.5 Å². The molecule has 0 aromatic carbocycles. The summed E-state index contributed by atoms with van der Waals surface area (Å²) < 4.78 is 0. The molecular formula is C12H20S2. The molecule has 3 aliphatic rings. The molecule has 0 radical (unpaired) electrons. The lowest BCUT2D eigenvalue weighted by atomic mass is 9.61. The highest BCUT2D eigenvalue weighted by molar-refractivity contribution is 7.80. The van der Waals surface area contributed by atoms with Crippen molar-refractivity contribution < 1.29 is 0 Å². The minimum Gasteiger partial charge on any atom is -0.179 e. The Morgan fingerprint density at radius 2 is 1.93 bits per heavy atom. The van der Waals surface area contributed by atoms with E-state index in [-0.39, 0.29) is 0 Å². The van der Waals surface area contributed by atoms with Gasteiger partial charge in [-0.3, -0.25) is 0 Å². The van der Waals surface area contributed by atoms with Gasteiger partial charge in [0.05, 0.1) is 0 Å². The first kappa shape index (κ1) is 9.89. The topological polar surface area (TPSA) is 0 Å². The normalized spacial score (nSPS) is 55.3. The molecule has 0 amide bonds. The molecule has 0 aromatic rings. The van der Waals surface area contributed by atoms with Gasteiger partial charge in [0.2, 0.25) is 0 Å². The summed E-state index contributed by atoms with van der Waals surface area (Å²) >= 11 is 9.35. The van der Waals surface area contributed by atoms with Crippen LogP contribution in [0.2, 0.25) is 0 Å². The molecule has 3 saturated carbocycles. The van der Waals surface area contributed by atoms with Crippen molar-refractivity contribution in [2.75, 3.05) is 11.5 Å². The Bertz CT molecular complexity index is 253. The lowest BCUT2D eigenvalue weighted by Gasteiger charge is -2.47. The van der Waals surface area contributed by atoms with E-state index in [0.717, 1.165) is 23.3 Å². The van der Waals surface area contributed by atoms with Crippen molar-refractivity contribution in [1.82, 2.24) is 0 Å². The summed E-state index contributed by atoms with van der Waals surface area (Å²) in [6, 6.07) is 0. The van der Waals surface area contributed by atoms with Crippen LogP contribution in [0.3, 0.4) is 0 Å². The van der Waals surface area contributed by atoms with Gasteiger partial charge in [0.25, 0.3) is 0 Å². The van der Waals surface area contributed by atoms with Crippen molar-refractivity contribution in [3.8, 4) is 0 Å². The average molecular weight is 228 g/mol. The molecule has 0 aromatic heterocycles. The van der Waals surface area contributed by atoms with Crippen molar-refractivity contribution in [2.45, 2.75) is 38.5 Å². The standard InChI is InChI=1S/C12H20S2/c13-7-11-5-3-9(6-11)10-2-1-4-12(10,11)8-14/h9-10,13-14H,1-8H2. The largest absolute Gasteiger partial charge is 0.179 e. The van der Waals surface area contributed by atoms with E-state index in [9.17, 15) is 0 Å². The molecule has 0 aliphatic heterocycles. The smallest absolute Gasteiger partial charge is 0.00328 e. The van der Waals surface area contributed by atoms with Gasteiger partial charge in [0, 0.05) is 0 Å². The fraction of sp³-hybridized carbons (Fsp3) is 1.00. The molecule has 4 atom stereocenters. The molecule has 3 aliphatic carbocycles. The fourth-order valence-electron chi connectivity index (χ4n) is 5.07. The lowest BCUT2D eigenvalue weighted by Crippen LogP contribution is -2.43. The van der Waals surface area contributed by atoms with E-state index >= 15 is 0 Å². The Morgan fingerprint density at radius 1 is 1.07 bits per heavy atom. The lowest BCUT2D eigenvalue weighted by molar-refractivity contribution is 0.0673. The number of rotatable bonds is 2. The van der Waals surface area contributed by atoms with Crippen LogP contribution in [0.4, 0.5) is 0 Å². The van der Waals surface area contributed by atoms with E-state index in [4.69, 9.17) is 0 Å². The van der Waals surface area contributed by atoms with Gasteiger partial charge in [-0.2, -0.15) is 25.3 Å². The second kappa shape index (κ2) is 3.10. The third kappa shape index (κ3) is 0.910. The Hall–Kier alpha value is 0.700. The summed E-state index contributed by atoms with van der Waals surface area (Å²) in [4.78, 5) is 0. The van der Waals surface area contributed by atoms with Crippen molar-refractivity contribution >= 4 is 25.3 Å². The van der Waals surface area contributed by atoms with Crippen LogP contribution in [0.5, 0.6) is 0 Å². The van der Waals surface area contributed by atoms with Gasteiger partial charge < -0.3 is 0 Å². The number of hydrogen-bond donors (Lipinski definition) is 2. The Labute approximate surface area is 98.0 Å². The van der Waals surface area contributed by atoms with Gasteiger partial charge in [-0.1, -0.05) is 6.42 Å². The van der Waals surface area contributed by atoms with Crippen LogP contribution in [0.25, 0.3) is 0 Å². The summed E-state index contributed by atoms with van der Waals surface area (Å²) in [7, 11) is 0. The molecule has 0 spiro atoms. The third-order valence-electron chi connectivity index (χ3n) is 5.70. The van der Waals surface area contributed by atoms with E-state index in [1.807, 2.05) is 0 Å². The quantitative estimate of drug-likeness (QED) is 0.665. The van der Waals surface area contributed by atoms with Crippen LogP contribution in [0, 0.1) is 22.7 Å². The van der Waals surface area contributed by atoms with Gasteiger partial charge in [-0.25, -0.2) is 0 Å². The Balaban J connectivity index is 2.04. The van der Waals surface area contributed by atoms with Crippen LogP contribution < -0.4 is 0 Å². The van der Waals surface area contributed by atoms with E-state index in [1.54, 1.807) is 0 Å². The van der Waals surface area contributed by atoms with Gasteiger partial charge in [-0.05, 0) is 66.3 Å². The minimum atomic E-state index is 0.587. The average Bonchev–Trinajstić information content (AvgIpc) is 2.88. The summed E-state index contributed by atoms with van der Waals surface area (Å²) in [5, 5.41) is 0. The van der Waals surface area contributed by atoms with Crippen molar-refractivity contribution in [3.63, 3.8) is 0 Å². The molecule has 80 valence electrons. The van der Waals surface area contributed by atoms with Crippen molar-refractivity contribution in [1.29, 1.82) is 0 Å². The summed E-state index contributed by atoms with van der Waals surface area (Å²) in [5.74, 6) is 4.28. The number of hydrogen-bond acceptors (Lipinski definition) is 2. The highest BCUT2D eigenvalue weighted by Crippen LogP contribution is 2.73. The molecular weight excluding hydrogens is 208 g/mol. The van der Waals surface area contributed by atoms with E-state index in [0.29, 0.717) is 10.8 Å². The first-order valence-corrected chi connectivity index (χ1v) is 7.26. The van der Waals surface area contributed by atoms with Gasteiger partial charge in [0.1, 0.15) is 0 Å². The highest BCUT2D eigenvalue weighted by Gasteiger charge is 2.66. The van der Waals surface area contributed by atoms with Gasteiger partial charge in [0.15, 0.2) is 0 Å². The maximum atomic E-state index is 4.69. The fourth-order valence-corrected chi connectivity index (χ4v) is 6.40. The van der Waals surface area contributed by atoms with Crippen LogP contribution in [0.15, 0.2) is 0 Å². The Morgan fingerprint density at radius 3 is 2.64 bits per heavy atom. The Kier molecular flexibility index (Phi) is 2.19. The SMILES string of the molecule is SCC12CCC(C1)C1CCCC12CS. The highest BCUT2D eigenvalue weighted by atomic mass is 32.1. The van der Waals surface area contributed by atoms with Crippen LogP contribution in [-0.4, -0.2) is 11.5 Å². The first-order chi connectivity index (χ1) is 6.78. The second-order valence-corrected chi connectivity index (χ2v) is 6.39. The summed E-state index contributed by atoms with van der Waals surface area (Å²) in [6.45, 7) is 0. The molecule has 0 saturated heterocycles. The predicted octanol–water partition coefficient (Wildman–Crippen LogP) is 3.43. The van der Waals surface area contributed by atoms with Crippen molar-refractivity contribution in [2.24, 2.45) is 22.7 Å². The molecule has 2 heteroatoms. The first-order valence-electron chi connectivity index (χ1n) is 6.00. The van der Waals surface area contributed by atoms with E-state index < -0.39 is 0 Å². The molecule has 2 bridgehead atoms. The second-order valence-electron chi connectivity index (χ2n) is 5.75. The zero-order chi connectivity index (χ0) is 9.81. The van der Waals surface area contributed by atoms with Gasteiger partial charge in [-0.15, -0.1) is 0 Å². The van der Waals surface area contributed by atoms with Gasteiger partial charge >= 0.3 is 0 Å². The molecule has 14 heavy (non-hydrogen) atoms. The molecule has 3 fully saturated rings. The molecule has 0 N–H and O–H groups in total. The van der Waals surface area contributed by atoms with E-state index in [1.165, 1.54) is 38.5 Å². The van der Waals surface area contributed by atoms with Crippen molar-refractivity contribution in [3.05, 3.63) is 0 Å². The summed E-state index contributed by atoms with van der Waals surface area (Å²) in [6.07, 6.45) is 8.79. The predicted molar refractivity (Wildman–Crippen MR) is 67.3 cm³/mol. The minimum absolute atomic E-state index is 0.587. The molecule has 4 unspecified atom stereocenters. The number of fused-ring (bicyclic) bond motifs is 5. The van der Waals surface area contributed by atoms with Crippen LogP contribution in [-0.2, 0) is 0 Å². The maximum absolute atomic E-state index is 4.69. The number of thiol groups is 2.